The second kappa shape index (κ2) is 6.19. The van der Waals surface area contributed by atoms with E-state index >= 15 is 0 Å². The van der Waals surface area contributed by atoms with E-state index in [-0.39, 0.29) is 11.4 Å². The Labute approximate surface area is 120 Å². The third-order valence-electron chi connectivity index (χ3n) is 2.42. The minimum atomic E-state index is -3.76. The minimum absolute atomic E-state index is 0.0360. The Kier molecular flexibility index (Phi) is 5.34. The molecule has 108 valence electrons. The number of aliphatic hydroxyl groups is 2. The standard InChI is InChI=1S/C11H16BrNO5S/c1-11(15,7-14)6-13-19(16,17)8-3-4-10(18-2)9(12)5-8/h3-5,13-15H,6-7H2,1-2H3. The van der Waals surface area contributed by atoms with Crippen LogP contribution in [0.5, 0.6) is 5.75 Å². The number of hydrogen-bond donors (Lipinski definition) is 3. The van der Waals surface area contributed by atoms with Gasteiger partial charge in [-0.3, -0.25) is 0 Å². The quantitative estimate of drug-likeness (QED) is 0.691. The van der Waals surface area contributed by atoms with Crippen molar-refractivity contribution >= 4 is 26.0 Å². The van der Waals surface area contributed by atoms with Crippen LogP contribution in [-0.4, -0.2) is 44.5 Å². The first kappa shape index (κ1) is 16.4. The van der Waals surface area contributed by atoms with Crippen molar-refractivity contribution in [2.45, 2.75) is 17.4 Å². The normalized spacial score (nSPS) is 15.0. The molecule has 3 N–H and O–H groups in total. The fraction of sp³-hybridized carbons (Fsp3) is 0.455. The van der Waals surface area contributed by atoms with Gasteiger partial charge in [-0.1, -0.05) is 0 Å². The first-order valence-corrected chi connectivity index (χ1v) is 7.66. The monoisotopic (exact) mass is 353 g/mol. The highest BCUT2D eigenvalue weighted by molar-refractivity contribution is 9.10. The number of hydrogen-bond acceptors (Lipinski definition) is 5. The SMILES string of the molecule is COc1ccc(S(=O)(=O)NCC(C)(O)CO)cc1Br. The maximum atomic E-state index is 12.0. The van der Waals surface area contributed by atoms with Crippen LogP contribution in [0.4, 0.5) is 0 Å². The molecule has 0 aromatic heterocycles. The van der Waals surface area contributed by atoms with Gasteiger partial charge in [-0.2, -0.15) is 0 Å². The maximum absolute atomic E-state index is 12.0. The van der Waals surface area contributed by atoms with E-state index < -0.39 is 22.2 Å². The van der Waals surface area contributed by atoms with Gasteiger partial charge >= 0.3 is 0 Å². The van der Waals surface area contributed by atoms with Crippen molar-refractivity contribution in [1.29, 1.82) is 0 Å². The summed E-state index contributed by atoms with van der Waals surface area (Å²) in [5.41, 5.74) is -1.50. The number of rotatable bonds is 6. The van der Waals surface area contributed by atoms with Gasteiger partial charge in [0.05, 0.1) is 28.7 Å². The Morgan fingerprint density at radius 3 is 2.58 bits per heavy atom. The fourth-order valence-corrected chi connectivity index (χ4v) is 3.08. The summed E-state index contributed by atoms with van der Waals surface area (Å²) in [5.74, 6) is 0.515. The Hall–Kier alpha value is -0.670. The van der Waals surface area contributed by atoms with Gasteiger partial charge in [0.25, 0.3) is 0 Å². The van der Waals surface area contributed by atoms with Crippen LogP contribution in [0.3, 0.4) is 0 Å². The zero-order valence-corrected chi connectivity index (χ0v) is 13.0. The molecular formula is C11H16BrNO5S. The molecule has 0 aliphatic carbocycles. The van der Waals surface area contributed by atoms with E-state index in [0.29, 0.717) is 10.2 Å². The van der Waals surface area contributed by atoms with E-state index in [1.54, 1.807) is 0 Å². The van der Waals surface area contributed by atoms with E-state index in [2.05, 4.69) is 20.7 Å². The molecule has 0 fully saturated rings. The molecule has 0 saturated carbocycles. The summed E-state index contributed by atoms with van der Waals surface area (Å²) in [6.45, 7) is 0.511. The lowest BCUT2D eigenvalue weighted by Gasteiger charge is -2.20. The highest BCUT2D eigenvalue weighted by atomic mass is 79.9. The average Bonchev–Trinajstić information content (AvgIpc) is 2.36. The molecule has 0 saturated heterocycles. The van der Waals surface area contributed by atoms with Crippen LogP contribution in [0.2, 0.25) is 0 Å². The first-order valence-electron chi connectivity index (χ1n) is 5.38. The molecule has 6 nitrogen and oxygen atoms in total. The largest absolute Gasteiger partial charge is 0.496 e. The summed E-state index contributed by atoms with van der Waals surface area (Å²) < 4.78 is 31.7. The first-order chi connectivity index (χ1) is 8.72. The molecule has 1 aromatic rings. The number of aliphatic hydroxyl groups excluding tert-OH is 1. The van der Waals surface area contributed by atoms with Crippen LogP contribution >= 0.6 is 15.9 Å². The second-order valence-electron chi connectivity index (χ2n) is 4.28. The van der Waals surface area contributed by atoms with Gasteiger partial charge in [-0.05, 0) is 41.1 Å². The molecule has 0 bridgehead atoms. The highest BCUT2D eigenvalue weighted by Gasteiger charge is 2.23. The molecule has 0 spiro atoms. The third-order valence-corrected chi connectivity index (χ3v) is 4.44. The van der Waals surface area contributed by atoms with Crippen LogP contribution in [0, 0.1) is 0 Å². The van der Waals surface area contributed by atoms with E-state index in [1.165, 1.54) is 32.2 Å². The van der Waals surface area contributed by atoms with E-state index in [1.807, 2.05) is 0 Å². The van der Waals surface area contributed by atoms with Gasteiger partial charge < -0.3 is 14.9 Å². The molecule has 1 unspecified atom stereocenters. The van der Waals surface area contributed by atoms with Crippen LogP contribution in [0.25, 0.3) is 0 Å². The Morgan fingerprint density at radius 2 is 2.11 bits per heavy atom. The predicted octanol–water partition coefficient (Wildman–Crippen LogP) is 0.479. The molecular weight excluding hydrogens is 338 g/mol. The smallest absolute Gasteiger partial charge is 0.240 e. The number of benzene rings is 1. The van der Waals surface area contributed by atoms with Crippen molar-refractivity contribution < 1.29 is 23.4 Å². The van der Waals surface area contributed by atoms with Gasteiger partial charge in [-0.15, -0.1) is 0 Å². The van der Waals surface area contributed by atoms with Crippen LogP contribution in [0.1, 0.15) is 6.92 Å². The highest BCUT2D eigenvalue weighted by Crippen LogP contribution is 2.27. The number of halogens is 1. The molecule has 0 aliphatic rings. The molecule has 8 heteroatoms. The van der Waals surface area contributed by atoms with Crippen molar-refractivity contribution in [1.82, 2.24) is 4.72 Å². The number of sulfonamides is 1. The summed E-state index contributed by atoms with van der Waals surface area (Å²) in [4.78, 5) is 0.0360. The summed E-state index contributed by atoms with van der Waals surface area (Å²) in [5, 5.41) is 18.4. The van der Waals surface area contributed by atoms with Gasteiger partial charge in [0.2, 0.25) is 10.0 Å². The van der Waals surface area contributed by atoms with Crippen LogP contribution in [-0.2, 0) is 10.0 Å². The van der Waals surface area contributed by atoms with E-state index in [4.69, 9.17) is 9.84 Å². The van der Waals surface area contributed by atoms with Gasteiger partial charge in [0, 0.05) is 6.54 Å². The van der Waals surface area contributed by atoms with E-state index in [9.17, 15) is 13.5 Å². The summed E-state index contributed by atoms with van der Waals surface area (Å²) in [6.07, 6.45) is 0. The van der Waals surface area contributed by atoms with Crippen LogP contribution < -0.4 is 9.46 Å². The lowest BCUT2D eigenvalue weighted by atomic mass is 10.1. The van der Waals surface area contributed by atoms with Gasteiger partial charge in [-0.25, -0.2) is 13.1 Å². The van der Waals surface area contributed by atoms with Crippen molar-refractivity contribution in [3.05, 3.63) is 22.7 Å². The summed E-state index contributed by atoms with van der Waals surface area (Å²) in [7, 11) is -2.28. The number of methoxy groups -OCH3 is 1. The molecule has 0 amide bonds. The zero-order valence-electron chi connectivity index (χ0n) is 10.6. The Morgan fingerprint density at radius 1 is 1.47 bits per heavy atom. The fourth-order valence-electron chi connectivity index (χ4n) is 1.20. The zero-order chi connectivity index (χ0) is 14.7. The van der Waals surface area contributed by atoms with Gasteiger partial charge in [0.15, 0.2) is 0 Å². The Balaban J connectivity index is 2.92. The average molecular weight is 354 g/mol. The van der Waals surface area contributed by atoms with Crippen molar-refractivity contribution in [2.24, 2.45) is 0 Å². The van der Waals surface area contributed by atoms with Crippen molar-refractivity contribution in [3.8, 4) is 5.75 Å². The Bertz CT molecular complexity index is 544. The predicted molar refractivity (Wildman–Crippen MR) is 73.6 cm³/mol. The third kappa shape index (κ3) is 4.43. The summed E-state index contributed by atoms with van der Waals surface area (Å²) in [6, 6.07) is 4.30. The topological polar surface area (TPSA) is 95.9 Å². The molecule has 0 aliphatic heterocycles. The molecule has 1 atom stereocenters. The van der Waals surface area contributed by atoms with Crippen molar-refractivity contribution in [2.75, 3.05) is 20.3 Å². The molecule has 19 heavy (non-hydrogen) atoms. The lowest BCUT2D eigenvalue weighted by molar-refractivity contribution is 0.00681. The lowest BCUT2D eigenvalue weighted by Crippen LogP contribution is -2.43. The molecule has 1 aromatic carbocycles. The second-order valence-corrected chi connectivity index (χ2v) is 6.90. The number of ether oxygens (including phenoxy) is 1. The maximum Gasteiger partial charge on any atom is 0.240 e. The minimum Gasteiger partial charge on any atom is -0.496 e. The van der Waals surface area contributed by atoms with E-state index in [0.717, 1.165) is 0 Å². The van der Waals surface area contributed by atoms with Crippen molar-refractivity contribution in [3.63, 3.8) is 0 Å². The molecule has 0 heterocycles. The van der Waals surface area contributed by atoms with Crippen LogP contribution in [0.15, 0.2) is 27.6 Å². The number of nitrogens with one attached hydrogen (secondary N) is 1. The summed E-state index contributed by atoms with van der Waals surface area (Å²) >= 11 is 3.20. The van der Waals surface area contributed by atoms with Gasteiger partial charge in [0.1, 0.15) is 5.75 Å². The molecule has 1 rings (SSSR count). The molecule has 0 radical (unpaired) electrons.